The first kappa shape index (κ1) is 13.0. The minimum Gasteiger partial charge on any atom is -0.368 e. The molecule has 1 atom stereocenters. The lowest BCUT2D eigenvalue weighted by Gasteiger charge is -2.45. The summed E-state index contributed by atoms with van der Waals surface area (Å²) in [6, 6.07) is 0.199. The Labute approximate surface area is 116 Å². The van der Waals surface area contributed by atoms with Crippen LogP contribution in [0.15, 0.2) is 0 Å². The summed E-state index contributed by atoms with van der Waals surface area (Å²) in [5, 5.41) is 14.4. The topological polar surface area (TPSA) is 110 Å². The summed E-state index contributed by atoms with van der Waals surface area (Å²) in [5.74, 6) is 0.867. The summed E-state index contributed by atoms with van der Waals surface area (Å²) in [5.41, 5.74) is 5.84. The van der Waals surface area contributed by atoms with Gasteiger partial charge in [0.1, 0.15) is 5.69 Å². The first-order valence-corrected chi connectivity index (χ1v) is 6.82. The molecule has 1 aromatic rings. The zero-order chi connectivity index (χ0) is 14.3. The van der Waals surface area contributed by atoms with E-state index in [-0.39, 0.29) is 23.5 Å². The first-order valence-electron chi connectivity index (χ1n) is 6.82. The Morgan fingerprint density at radius 2 is 2.10 bits per heavy atom. The molecule has 4 heterocycles. The molecule has 8 heteroatoms. The zero-order valence-electron chi connectivity index (χ0n) is 11.4. The third-order valence-electron chi connectivity index (χ3n) is 4.24. The van der Waals surface area contributed by atoms with Gasteiger partial charge in [-0.05, 0) is 38.8 Å². The van der Waals surface area contributed by atoms with Gasteiger partial charge in [0.2, 0.25) is 11.8 Å². The second kappa shape index (κ2) is 4.86. The number of rotatable bonds is 3. The molecule has 0 amide bonds. The number of hydrogen-bond donors (Lipinski definition) is 2. The molecule has 3 aliphatic heterocycles. The summed E-state index contributed by atoms with van der Waals surface area (Å²) in [6.07, 6.45) is 2.26. The van der Waals surface area contributed by atoms with Gasteiger partial charge in [-0.25, -0.2) is 4.98 Å². The van der Waals surface area contributed by atoms with Crippen molar-refractivity contribution in [1.82, 2.24) is 14.9 Å². The number of fused-ring (bicyclic) bond motifs is 3. The molecule has 3 aliphatic rings. The fourth-order valence-electron chi connectivity index (χ4n) is 3.21. The van der Waals surface area contributed by atoms with Gasteiger partial charge in [0, 0.05) is 12.6 Å². The highest BCUT2D eigenvalue weighted by Gasteiger charge is 2.35. The Balaban J connectivity index is 1.88. The summed E-state index contributed by atoms with van der Waals surface area (Å²) in [7, 11) is 0. The number of nitrogens with two attached hydrogens (primary N) is 1. The van der Waals surface area contributed by atoms with Crippen LogP contribution in [0.25, 0.3) is 0 Å². The molecule has 0 spiro atoms. The van der Waals surface area contributed by atoms with Gasteiger partial charge in [-0.15, -0.1) is 0 Å². The maximum atomic E-state index is 11.2. The van der Waals surface area contributed by atoms with Crippen LogP contribution in [0.5, 0.6) is 0 Å². The number of nitrogen functional groups attached to an aromatic ring is 1. The summed E-state index contributed by atoms with van der Waals surface area (Å²) in [4.78, 5) is 21.0. The molecule has 4 rings (SSSR count). The van der Waals surface area contributed by atoms with Crippen molar-refractivity contribution in [3.8, 4) is 0 Å². The van der Waals surface area contributed by atoms with Gasteiger partial charge in [0.15, 0.2) is 0 Å². The Kier molecular flexibility index (Phi) is 3.17. The van der Waals surface area contributed by atoms with Gasteiger partial charge in [0.05, 0.1) is 4.92 Å². The van der Waals surface area contributed by atoms with E-state index < -0.39 is 4.92 Å². The lowest BCUT2D eigenvalue weighted by Crippen LogP contribution is -2.53. The molecule has 20 heavy (non-hydrogen) atoms. The number of piperidine rings is 3. The van der Waals surface area contributed by atoms with E-state index >= 15 is 0 Å². The van der Waals surface area contributed by atoms with Crippen molar-refractivity contribution in [2.45, 2.75) is 25.8 Å². The molecule has 3 fully saturated rings. The molecule has 108 valence electrons. The van der Waals surface area contributed by atoms with E-state index in [0.29, 0.717) is 11.6 Å². The smallest absolute Gasteiger partial charge is 0.332 e. The summed E-state index contributed by atoms with van der Waals surface area (Å²) >= 11 is 0. The van der Waals surface area contributed by atoms with Gasteiger partial charge in [-0.1, -0.05) is 0 Å². The molecular weight excluding hydrogens is 260 g/mol. The number of nitrogens with one attached hydrogen (secondary N) is 1. The summed E-state index contributed by atoms with van der Waals surface area (Å²) < 4.78 is 0. The highest BCUT2D eigenvalue weighted by Crippen LogP contribution is 2.32. The minimum absolute atomic E-state index is 0.0666. The molecule has 1 aromatic heterocycles. The molecule has 0 aromatic carbocycles. The second-order valence-electron chi connectivity index (χ2n) is 5.51. The molecule has 0 saturated carbocycles. The molecule has 1 unspecified atom stereocenters. The SMILES string of the molecule is Cc1nc(N)nc(NC2CN3CCC2CC3)c1[N+](=O)[O-]. The Morgan fingerprint density at radius 3 is 2.65 bits per heavy atom. The molecule has 2 bridgehead atoms. The summed E-state index contributed by atoms with van der Waals surface area (Å²) in [6.45, 7) is 4.73. The normalized spacial score (nSPS) is 28.4. The van der Waals surface area contributed by atoms with Crippen molar-refractivity contribution in [2.24, 2.45) is 5.92 Å². The molecule has 8 nitrogen and oxygen atoms in total. The van der Waals surface area contributed by atoms with Crippen molar-refractivity contribution in [2.75, 3.05) is 30.7 Å². The number of nitro groups is 1. The van der Waals surface area contributed by atoms with Crippen molar-refractivity contribution in [3.05, 3.63) is 15.8 Å². The molecule has 0 radical (unpaired) electrons. The number of aryl methyl sites for hydroxylation is 1. The lowest BCUT2D eigenvalue weighted by atomic mass is 9.84. The van der Waals surface area contributed by atoms with Gasteiger partial charge in [0.25, 0.3) is 0 Å². The van der Waals surface area contributed by atoms with Crippen LogP contribution in [-0.2, 0) is 0 Å². The van der Waals surface area contributed by atoms with E-state index in [4.69, 9.17) is 5.73 Å². The maximum Gasteiger partial charge on any atom is 0.332 e. The van der Waals surface area contributed by atoms with Crippen LogP contribution in [0.4, 0.5) is 17.5 Å². The van der Waals surface area contributed by atoms with Gasteiger partial charge in [-0.2, -0.15) is 4.98 Å². The van der Waals surface area contributed by atoms with Crippen molar-refractivity contribution >= 4 is 17.5 Å². The van der Waals surface area contributed by atoms with Crippen molar-refractivity contribution in [1.29, 1.82) is 0 Å². The van der Waals surface area contributed by atoms with Crippen LogP contribution in [-0.4, -0.2) is 45.5 Å². The first-order chi connectivity index (χ1) is 9.54. The second-order valence-corrected chi connectivity index (χ2v) is 5.51. The van der Waals surface area contributed by atoms with Crippen LogP contribution in [0.2, 0.25) is 0 Å². The van der Waals surface area contributed by atoms with E-state index in [0.717, 1.165) is 32.5 Å². The predicted molar refractivity (Wildman–Crippen MR) is 74.4 cm³/mol. The highest BCUT2D eigenvalue weighted by atomic mass is 16.6. The average Bonchev–Trinajstić information content (AvgIpc) is 2.38. The third-order valence-corrected chi connectivity index (χ3v) is 4.24. The zero-order valence-corrected chi connectivity index (χ0v) is 11.4. The van der Waals surface area contributed by atoms with E-state index in [1.54, 1.807) is 6.92 Å². The fraction of sp³-hybridized carbons (Fsp3) is 0.667. The quantitative estimate of drug-likeness (QED) is 0.621. The van der Waals surface area contributed by atoms with Gasteiger partial charge < -0.3 is 16.0 Å². The fourth-order valence-corrected chi connectivity index (χ4v) is 3.21. The minimum atomic E-state index is -0.446. The van der Waals surface area contributed by atoms with E-state index in [1.165, 1.54) is 0 Å². The third kappa shape index (κ3) is 2.26. The lowest BCUT2D eigenvalue weighted by molar-refractivity contribution is -0.385. The number of aromatic nitrogens is 2. The Bertz CT molecular complexity index is 541. The average molecular weight is 278 g/mol. The Morgan fingerprint density at radius 1 is 1.40 bits per heavy atom. The van der Waals surface area contributed by atoms with Gasteiger partial charge >= 0.3 is 5.69 Å². The monoisotopic (exact) mass is 278 g/mol. The number of nitrogens with zero attached hydrogens (tertiary/aromatic N) is 4. The van der Waals surface area contributed by atoms with E-state index in [9.17, 15) is 10.1 Å². The Hall–Kier alpha value is -1.96. The molecule has 3 N–H and O–H groups in total. The molecule has 3 saturated heterocycles. The predicted octanol–water partition coefficient (Wildman–Crippen LogP) is 0.782. The van der Waals surface area contributed by atoms with E-state index in [2.05, 4.69) is 20.2 Å². The van der Waals surface area contributed by atoms with Crippen LogP contribution < -0.4 is 11.1 Å². The van der Waals surface area contributed by atoms with Crippen LogP contribution in [0, 0.1) is 23.0 Å². The van der Waals surface area contributed by atoms with E-state index in [1.807, 2.05) is 0 Å². The van der Waals surface area contributed by atoms with Crippen LogP contribution in [0.1, 0.15) is 18.5 Å². The van der Waals surface area contributed by atoms with Crippen LogP contribution in [0.3, 0.4) is 0 Å². The molecular formula is C12H18N6O2. The van der Waals surface area contributed by atoms with Crippen molar-refractivity contribution < 1.29 is 4.92 Å². The van der Waals surface area contributed by atoms with Crippen molar-refractivity contribution in [3.63, 3.8) is 0 Å². The highest BCUT2D eigenvalue weighted by molar-refractivity contribution is 5.60. The molecule has 0 aliphatic carbocycles. The maximum absolute atomic E-state index is 11.2. The largest absolute Gasteiger partial charge is 0.368 e. The van der Waals surface area contributed by atoms with Crippen LogP contribution >= 0.6 is 0 Å². The number of anilines is 2. The van der Waals surface area contributed by atoms with Gasteiger partial charge in [-0.3, -0.25) is 10.1 Å². The number of hydrogen-bond acceptors (Lipinski definition) is 7. The standard InChI is InChI=1S/C12H18N6O2/c1-7-10(18(19)20)11(16-12(13)14-7)15-9-6-17-4-2-8(9)3-5-17/h8-9H,2-6H2,1H3,(H3,13,14,15,16).